The van der Waals surface area contributed by atoms with Crippen molar-refractivity contribution in [2.45, 2.75) is 37.6 Å². The van der Waals surface area contributed by atoms with E-state index in [0.29, 0.717) is 58.5 Å². The molecule has 6 aromatic rings. The fourth-order valence-corrected chi connectivity index (χ4v) is 8.53. The van der Waals surface area contributed by atoms with E-state index in [9.17, 15) is 22.3 Å². The van der Waals surface area contributed by atoms with Crippen LogP contribution in [0.4, 0.5) is 26.1 Å². The molecule has 1 amide bonds. The largest absolute Gasteiger partial charge is 0.772 e. The number of fused-ring (bicyclic) bond motifs is 1. The number of pyridine rings is 1. The number of halogens is 2. The van der Waals surface area contributed by atoms with E-state index in [1.807, 2.05) is 40.9 Å². The topological polar surface area (TPSA) is 140 Å². The lowest BCUT2D eigenvalue weighted by atomic mass is 9.81. The van der Waals surface area contributed by atoms with E-state index in [0.717, 1.165) is 69.7 Å². The van der Waals surface area contributed by atoms with Crippen LogP contribution in [0, 0.1) is 11.6 Å². The molecule has 58 heavy (non-hydrogen) atoms. The molecule has 15 heteroatoms. The molecule has 0 bridgehead atoms. The standard InChI is InChI=1S/C43H44F2N8O4S/c1-57-37-27-29(28-11-14-32(15-12-28)52-22-20-51(21-23-52)24-25-58(55)56)13-16-35(37)47-43-46-18-17-36(48-43)41-39(49-38-10-2-3-19-53(38)41)30-6-4-7-31(26-30)42(54)50-40-33(44)8-5-9-34(40)45/h2-10,13,16-19,26-28,32H,11-12,14-15,20-25H2,1H3,(H,50,54)(H,55,56)(H,46,47,48)/p-1. The van der Waals surface area contributed by atoms with E-state index in [-0.39, 0.29) is 11.3 Å². The number of imidazole rings is 1. The molecule has 1 saturated carbocycles. The summed E-state index contributed by atoms with van der Waals surface area (Å²) in [7, 11) is 1.65. The zero-order valence-corrected chi connectivity index (χ0v) is 32.8. The van der Waals surface area contributed by atoms with Crippen molar-refractivity contribution in [1.82, 2.24) is 29.2 Å². The van der Waals surface area contributed by atoms with Gasteiger partial charge in [-0.05, 0) is 91.8 Å². The smallest absolute Gasteiger partial charge is 0.255 e. The summed E-state index contributed by atoms with van der Waals surface area (Å²) < 4.78 is 58.4. The summed E-state index contributed by atoms with van der Waals surface area (Å²) in [6.07, 6.45) is 7.95. The summed E-state index contributed by atoms with van der Waals surface area (Å²) in [6.45, 7) is 4.38. The van der Waals surface area contributed by atoms with Crippen LogP contribution in [-0.2, 0) is 11.1 Å². The molecule has 1 saturated heterocycles. The van der Waals surface area contributed by atoms with Crippen molar-refractivity contribution in [3.63, 3.8) is 0 Å². The minimum Gasteiger partial charge on any atom is -0.772 e. The summed E-state index contributed by atoms with van der Waals surface area (Å²) >= 11 is -1.99. The Balaban J connectivity index is 0.981. The number of nitrogens with one attached hydrogen (secondary N) is 2. The number of piperazine rings is 1. The number of carbonyl (C=O) groups excluding carboxylic acids is 1. The number of aromatic nitrogens is 4. The van der Waals surface area contributed by atoms with Crippen LogP contribution in [0.15, 0.2) is 97.3 Å². The number of hydrogen-bond acceptors (Lipinski definition) is 10. The molecule has 0 radical (unpaired) electrons. The first-order valence-corrected chi connectivity index (χ1v) is 20.6. The third kappa shape index (κ3) is 8.62. The maximum Gasteiger partial charge on any atom is 0.255 e. The SMILES string of the molecule is COc1cc(C2CCC(N3CCN(CCS(=O)[O-])CC3)CC2)ccc1Nc1nccc(-c2c(-c3cccc(C(=O)Nc4c(F)cccc4F)c3)nc3ccccn23)n1. The number of anilines is 3. The van der Waals surface area contributed by atoms with Crippen molar-refractivity contribution < 1.29 is 27.1 Å². The Labute approximate surface area is 337 Å². The lowest BCUT2D eigenvalue weighted by molar-refractivity contribution is 0.0789. The molecule has 2 fully saturated rings. The van der Waals surface area contributed by atoms with Crippen molar-refractivity contribution in [3.8, 4) is 28.4 Å². The molecule has 1 aliphatic heterocycles. The van der Waals surface area contributed by atoms with Gasteiger partial charge in [-0.25, -0.2) is 23.7 Å². The van der Waals surface area contributed by atoms with E-state index in [4.69, 9.17) is 14.7 Å². The van der Waals surface area contributed by atoms with Crippen LogP contribution in [0.3, 0.4) is 0 Å². The van der Waals surface area contributed by atoms with Crippen molar-refractivity contribution in [2.24, 2.45) is 0 Å². The number of nitrogens with zero attached hydrogens (tertiary/aromatic N) is 6. The maximum atomic E-state index is 14.3. The molecule has 300 valence electrons. The summed E-state index contributed by atoms with van der Waals surface area (Å²) in [5.41, 5.74) is 4.68. The summed E-state index contributed by atoms with van der Waals surface area (Å²) in [5.74, 6) is -0.757. The molecule has 1 aliphatic carbocycles. The average molecular weight is 806 g/mol. The normalized spacial score (nSPS) is 18.2. The monoisotopic (exact) mass is 805 g/mol. The highest BCUT2D eigenvalue weighted by Crippen LogP contribution is 2.39. The quantitative estimate of drug-likeness (QED) is 0.122. The molecule has 3 aromatic heterocycles. The van der Waals surface area contributed by atoms with Gasteiger partial charge in [0, 0.05) is 68.0 Å². The number of methoxy groups -OCH3 is 1. The van der Waals surface area contributed by atoms with Gasteiger partial charge in [-0.15, -0.1) is 0 Å². The molecule has 8 rings (SSSR count). The van der Waals surface area contributed by atoms with Crippen molar-refractivity contribution in [1.29, 1.82) is 0 Å². The molecule has 0 spiro atoms. The van der Waals surface area contributed by atoms with Gasteiger partial charge in [0.2, 0.25) is 5.95 Å². The van der Waals surface area contributed by atoms with Gasteiger partial charge in [-0.1, -0.05) is 41.4 Å². The van der Waals surface area contributed by atoms with E-state index in [2.05, 4.69) is 37.6 Å². The van der Waals surface area contributed by atoms with Gasteiger partial charge in [-0.3, -0.25) is 23.2 Å². The molecule has 12 nitrogen and oxygen atoms in total. The van der Waals surface area contributed by atoms with E-state index < -0.39 is 34.3 Å². The predicted molar refractivity (Wildman–Crippen MR) is 219 cm³/mol. The van der Waals surface area contributed by atoms with Crippen LogP contribution in [-0.4, -0.2) is 95.4 Å². The number of hydrogen-bond donors (Lipinski definition) is 2. The second-order valence-electron chi connectivity index (χ2n) is 14.6. The molecule has 4 heterocycles. The molecule has 3 aromatic carbocycles. The Morgan fingerprint density at radius 3 is 2.45 bits per heavy atom. The zero-order valence-electron chi connectivity index (χ0n) is 31.9. The highest BCUT2D eigenvalue weighted by atomic mass is 32.2. The van der Waals surface area contributed by atoms with Crippen LogP contribution in [0.5, 0.6) is 5.75 Å². The van der Waals surface area contributed by atoms with Gasteiger partial charge in [0.05, 0.1) is 29.9 Å². The number of carbonyl (C=O) groups is 1. The lowest BCUT2D eigenvalue weighted by Crippen LogP contribution is -2.51. The Hall–Kier alpha value is -5.61. The van der Waals surface area contributed by atoms with E-state index >= 15 is 0 Å². The highest BCUT2D eigenvalue weighted by molar-refractivity contribution is 7.79. The van der Waals surface area contributed by atoms with Gasteiger partial charge in [0.25, 0.3) is 5.91 Å². The molecule has 2 N–H and O–H groups in total. The van der Waals surface area contributed by atoms with Crippen LogP contribution < -0.4 is 15.4 Å². The Bertz CT molecular complexity index is 2430. The number of rotatable bonds is 12. The highest BCUT2D eigenvalue weighted by Gasteiger charge is 2.29. The van der Waals surface area contributed by atoms with Crippen LogP contribution in [0.1, 0.15) is 47.5 Å². The molecule has 2 aliphatic rings. The second-order valence-corrected chi connectivity index (χ2v) is 15.6. The van der Waals surface area contributed by atoms with Crippen LogP contribution in [0.25, 0.3) is 28.3 Å². The van der Waals surface area contributed by atoms with Gasteiger partial charge in [0.1, 0.15) is 28.7 Å². The zero-order chi connectivity index (χ0) is 40.2. The Kier molecular flexibility index (Phi) is 11.8. The minimum atomic E-state index is -1.99. The number of amides is 1. The van der Waals surface area contributed by atoms with Gasteiger partial charge >= 0.3 is 0 Å². The van der Waals surface area contributed by atoms with E-state index in [1.165, 1.54) is 11.6 Å². The molecule has 1 unspecified atom stereocenters. The van der Waals surface area contributed by atoms with Gasteiger partial charge in [0.15, 0.2) is 0 Å². The summed E-state index contributed by atoms with van der Waals surface area (Å²) in [5, 5.41) is 5.71. The van der Waals surface area contributed by atoms with Gasteiger partial charge < -0.3 is 19.9 Å². The average Bonchev–Trinajstić information content (AvgIpc) is 3.65. The summed E-state index contributed by atoms with van der Waals surface area (Å²) in [4.78, 5) is 32.3. The Morgan fingerprint density at radius 1 is 0.914 bits per heavy atom. The molecule has 1 atom stereocenters. The van der Waals surface area contributed by atoms with Crippen LogP contribution in [0.2, 0.25) is 0 Å². The second kappa shape index (κ2) is 17.5. The number of ether oxygens (including phenoxy) is 1. The third-order valence-electron chi connectivity index (χ3n) is 11.2. The predicted octanol–water partition coefficient (Wildman–Crippen LogP) is 7.26. The molecular weight excluding hydrogens is 763 g/mol. The maximum absolute atomic E-state index is 14.3. The fourth-order valence-electron chi connectivity index (χ4n) is 8.12. The third-order valence-corrected chi connectivity index (χ3v) is 11.7. The Morgan fingerprint density at radius 2 is 1.69 bits per heavy atom. The van der Waals surface area contributed by atoms with Crippen molar-refractivity contribution in [2.75, 3.05) is 56.2 Å². The van der Waals surface area contributed by atoms with Crippen molar-refractivity contribution >= 4 is 40.0 Å². The number of para-hydroxylation sites is 1. The molecular formula is C43H43F2N8O4S-. The fraction of sp³-hybridized carbons (Fsp3) is 0.302. The first-order chi connectivity index (χ1) is 28.2. The summed E-state index contributed by atoms with van der Waals surface area (Å²) in [6, 6.07) is 24.3. The van der Waals surface area contributed by atoms with Gasteiger partial charge in [-0.2, -0.15) is 0 Å². The first-order valence-electron chi connectivity index (χ1n) is 19.4. The van der Waals surface area contributed by atoms with Crippen LogP contribution >= 0.6 is 0 Å². The first kappa shape index (κ1) is 39.2. The lowest BCUT2D eigenvalue weighted by Gasteiger charge is -2.42. The van der Waals surface area contributed by atoms with E-state index in [1.54, 1.807) is 37.6 Å². The minimum absolute atomic E-state index is 0.194. The number of benzene rings is 3. The van der Waals surface area contributed by atoms with Crippen molar-refractivity contribution in [3.05, 3.63) is 120 Å².